The quantitative estimate of drug-likeness (QED) is 0.381. The molecule has 2 aromatic carbocycles. The minimum absolute atomic E-state index is 0.00182. The highest BCUT2D eigenvalue weighted by Gasteiger charge is 2.38. The number of aromatic amines is 1. The monoisotopic (exact) mass is 502 g/mol. The van der Waals surface area contributed by atoms with Gasteiger partial charge in [0.1, 0.15) is 17.2 Å². The van der Waals surface area contributed by atoms with Crippen LogP contribution in [0.4, 0.5) is 13.2 Å². The number of carbonyl (C=O) groups is 2. The molecule has 0 radical (unpaired) electrons. The summed E-state index contributed by atoms with van der Waals surface area (Å²) in [5, 5.41) is 11.4. The molecule has 1 aliphatic rings. The van der Waals surface area contributed by atoms with E-state index in [2.05, 4.69) is 22.2 Å². The Balaban J connectivity index is 0.000000384. The molecule has 4 aromatic rings. The highest BCUT2D eigenvalue weighted by Crippen LogP contribution is 2.29. The third-order valence-electron chi connectivity index (χ3n) is 6.01. The summed E-state index contributed by atoms with van der Waals surface area (Å²) in [6.45, 7) is 0.914. The lowest BCUT2D eigenvalue weighted by Crippen LogP contribution is -2.45. The smallest absolute Gasteiger partial charge is 0.475 e. The van der Waals surface area contributed by atoms with Crippen molar-refractivity contribution < 1.29 is 32.3 Å². The summed E-state index contributed by atoms with van der Waals surface area (Å²) in [4.78, 5) is 32.0. The van der Waals surface area contributed by atoms with E-state index in [9.17, 15) is 18.0 Å². The third kappa shape index (κ3) is 6.03. The van der Waals surface area contributed by atoms with Crippen LogP contribution in [0.25, 0.3) is 22.0 Å². The molecular weight excluding hydrogens is 477 g/mol. The summed E-state index contributed by atoms with van der Waals surface area (Å²) in [6.07, 6.45) is -3.06. The predicted octanol–water partition coefficient (Wildman–Crippen LogP) is 4.44. The lowest BCUT2D eigenvalue weighted by atomic mass is 9.97. The van der Waals surface area contributed by atoms with Gasteiger partial charge < -0.3 is 19.8 Å². The molecule has 0 aliphatic carbocycles. The van der Waals surface area contributed by atoms with E-state index in [0.29, 0.717) is 5.76 Å². The lowest BCUT2D eigenvalue weighted by molar-refractivity contribution is -0.192. The Morgan fingerprint density at radius 2 is 1.89 bits per heavy atom. The van der Waals surface area contributed by atoms with Crippen molar-refractivity contribution in [1.29, 1.82) is 0 Å². The molecule has 3 heterocycles. The SMILES string of the molecule is CN1CC[C@@H](NC(=O)Cc2cc3ccccc3o2)C[C@@H]1c1nc2ccccc2[nH]1.O=C(O)C(F)(F)F. The number of aliphatic carboxylic acids is 1. The first-order chi connectivity index (χ1) is 17.1. The number of carboxylic acids is 1. The molecule has 0 bridgehead atoms. The van der Waals surface area contributed by atoms with Crippen LogP contribution in [0.15, 0.2) is 59.0 Å². The average Bonchev–Trinajstić information content (AvgIpc) is 3.43. The van der Waals surface area contributed by atoms with Crippen molar-refractivity contribution in [2.75, 3.05) is 13.6 Å². The van der Waals surface area contributed by atoms with E-state index in [1.165, 1.54) is 0 Å². The predicted molar refractivity (Wildman–Crippen MR) is 126 cm³/mol. The van der Waals surface area contributed by atoms with Crippen molar-refractivity contribution in [3.8, 4) is 0 Å². The van der Waals surface area contributed by atoms with Crippen molar-refractivity contribution in [3.63, 3.8) is 0 Å². The van der Waals surface area contributed by atoms with E-state index in [1.54, 1.807) is 0 Å². The number of benzene rings is 2. The number of carbonyl (C=O) groups excluding carboxylic acids is 1. The number of H-pyrrole nitrogens is 1. The molecule has 1 fully saturated rings. The van der Waals surface area contributed by atoms with Crippen LogP contribution in [0, 0.1) is 0 Å². The van der Waals surface area contributed by atoms with Crippen molar-refractivity contribution in [2.45, 2.75) is 37.5 Å². The van der Waals surface area contributed by atoms with Gasteiger partial charge in [-0.2, -0.15) is 13.2 Å². The average molecular weight is 502 g/mol. The summed E-state index contributed by atoms with van der Waals surface area (Å²) >= 11 is 0. The Bertz CT molecular complexity index is 1300. The number of halogens is 3. The van der Waals surface area contributed by atoms with Gasteiger partial charge in [0.15, 0.2) is 0 Å². The summed E-state index contributed by atoms with van der Waals surface area (Å²) in [6, 6.07) is 18.1. The first-order valence-electron chi connectivity index (χ1n) is 11.3. The number of imidazole rings is 1. The first kappa shape index (κ1) is 25.2. The van der Waals surface area contributed by atoms with Crippen LogP contribution in [-0.4, -0.2) is 57.7 Å². The van der Waals surface area contributed by atoms with E-state index in [1.807, 2.05) is 54.6 Å². The Kier molecular flexibility index (Phi) is 7.30. The molecule has 2 aromatic heterocycles. The maximum atomic E-state index is 12.6. The molecule has 5 rings (SSSR count). The molecule has 1 saturated heterocycles. The van der Waals surface area contributed by atoms with Crippen LogP contribution in [-0.2, 0) is 16.0 Å². The number of alkyl halides is 3. The highest BCUT2D eigenvalue weighted by atomic mass is 19.4. The Hall–Kier alpha value is -3.86. The fourth-order valence-electron chi connectivity index (χ4n) is 4.23. The zero-order valence-corrected chi connectivity index (χ0v) is 19.4. The number of nitrogens with zero attached hydrogens (tertiary/aromatic N) is 2. The summed E-state index contributed by atoms with van der Waals surface area (Å²) in [7, 11) is 2.12. The number of furan rings is 1. The molecular formula is C25H25F3N4O4. The maximum absolute atomic E-state index is 12.6. The van der Waals surface area contributed by atoms with Crippen LogP contribution in [0.5, 0.6) is 0 Å². The van der Waals surface area contributed by atoms with E-state index in [4.69, 9.17) is 19.3 Å². The summed E-state index contributed by atoms with van der Waals surface area (Å²) in [5.41, 5.74) is 2.85. The number of piperidine rings is 1. The van der Waals surface area contributed by atoms with E-state index < -0.39 is 12.1 Å². The van der Waals surface area contributed by atoms with E-state index in [-0.39, 0.29) is 24.4 Å². The van der Waals surface area contributed by atoms with Crippen LogP contribution in [0.2, 0.25) is 0 Å². The number of hydrogen-bond donors (Lipinski definition) is 3. The van der Waals surface area contributed by atoms with Gasteiger partial charge in [-0.05, 0) is 44.2 Å². The standard InChI is InChI=1S/C23H24N4O2.C2HF3O2/c1-27-11-10-16(13-20(27)23-25-18-7-3-4-8-19(18)26-23)24-22(28)14-17-12-15-6-2-5-9-21(15)29-17;3-2(4,5)1(6)7/h2-9,12,16,20H,10-11,13-14H2,1H3,(H,24,28)(H,25,26);(H,6,7)/t16-,20-;/m1./s1. The number of carboxylic acid groups (broad SMARTS) is 1. The van der Waals surface area contributed by atoms with Crippen molar-refractivity contribution in [3.05, 3.63) is 66.2 Å². The molecule has 1 aliphatic heterocycles. The summed E-state index contributed by atoms with van der Waals surface area (Å²) in [5.74, 6) is -1.09. The van der Waals surface area contributed by atoms with Crippen LogP contribution in [0.1, 0.15) is 30.5 Å². The number of para-hydroxylation sites is 3. The molecule has 0 spiro atoms. The Morgan fingerprint density at radius 1 is 1.19 bits per heavy atom. The van der Waals surface area contributed by atoms with Gasteiger partial charge in [-0.25, -0.2) is 9.78 Å². The van der Waals surface area contributed by atoms with Crippen molar-refractivity contribution >= 4 is 33.9 Å². The fourth-order valence-corrected chi connectivity index (χ4v) is 4.23. The minimum atomic E-state index is -5.08. The number of nitrogens with one attached hydrogen (secondary N) is 2. The first-order valence-corrected chi connectivity index (χ1v) is 11.3. The van der Waals surface area contributed by atoms with Gasteiger partial charge in [0.05, 0.1) is 23.5 Å². The van der Waals surface area contributed by atoms with Crippen LogP contribution < -0.4 is 5.32 Å². The Morgan fingerprint density at radius 3 is 2.58 bits per heavy atom. The molecule has 0 unspecified atom stereocenters. The normalized spacial score (nSPS) is 18.6. The summed E-state index contributed by atoms with van der Waals surface area (Å²) < 4.78 is 37.5. The van der Waals surface area contributed by atoms with Gasteiger partial charge in [-0.15, -0.1) is 0 Å². The molecule has 2 atom stereocenters. The number of hydrogen-bond acceptors (Lipinski definition) is 5. The number of likely N-dealkylation sites (tertiary alicyclic amines) is 1. The Labute approximate surface area is 204 Å². The lowest BCUT2D eigenvalue weighted by Gasteiger charge is -2.36. The van der Waals surface area contributed by atoms with Crippen molar-refractivity contribution in [2.24, 2.45) is 0 Å². The molecule has 1 amide bonds. The van der Waals surface area contributed by atoms with Gasteiger partial charge in [-0.1, -0.05) is 30.3 Å². The van der Waals surface area contributed by atoms with Gasteiger partial charge >= 0.3 is 12.1 Å². The van der Waals surface area contributed by atoms with E-state index >= 15 is 0 Å². The number of amides is 1. The number of fused-ring (bicyclic) bond motifs is 2. The van der Waals surface area contributed by atoms with Gasteiger partial charge in [0.25, 0.3) is 0 Å². The molecule has 8 nitrogen and oxygen atoms in total. The molecule has 11 heteroatoms. The number of rotatable bonds is 4. The van der Waals surface area contributed by atoms with Gasteiger partial charge in [0, 0.05) is 18.0 Å². The van der Waals surface area contributed by atoms with Gasteiger partial charge in [0.2, 0.25) is 5.91 Å². The maximum Gasteiger partial charge on any atom is 0.490 e. The van der Waals surface area contributed by atoms with Crippen molar-refractivity contribution in [1.82, 2.24) is 20.2 Å². The second-order valence-corrected chi connectivity index (χ2v) is 8.65. The second kappa shape index (κ2) is 10.4. The topological polar surface area (TPSA) is 111 Å². The number of aromatic nitrogens is 2. The fraction of sp³-hybridized carbons (Fsp3) is 0.320. The van der Waals surface area contributed by atoms with Gasteiger partial charge in [-0.3, -0.25) is 9.69 Å². The molecule has 190 valence electrons. The zero-order chi connectivity index (χ0) is 25.9. The second-order valence-electron chi connectivity index (χ2n) is 8.65. The zero-order valence-electron chi connectivity index (χ0n) is 19.4. The minimum Gasteiger partial charge on any atom is -0.475 e. The van der Waals surface area contributed by atoms with E-state index in [0.717, 1.165) is 47.2 Å². The third-order valence-corrected chi connectivity index (χ3v) is 6.01. The van der Waals surface area contributed by atoms with Crippen LogP contribution >= 0.6 is 0 Å². The molecule has 36 heavy (non-hydrogen) atoms. The highest BCUT2D eigenvalue weighted by molar-refractivity contribution is 5.82. The largest absolute Gasteiger partial charge is 0.490 e. The molecule has 0 saturated carbocycles. The molecule has 3 N–H and O–H groups in total. The van der Waals surface area contributed by atoms with Crippen LogP contribution in [0.3, 0.4) is 0 Å².